The Morgan fingerprint density at radius 2 is 1.80 bits per heavy atom. The highest BCUT2D eigenvalue weighted by molar-refractivity contribution is 6.04. The van der Waals surface area contributed by atoms with Gasteiger partial charge in [0.2, 0.25) is 5.91 Å². The Labute approximate surface area is 147 Å². The zero-order valence-corrected chi connectivity index (χ0v) is 14.3. The molecule has 25 heavy (non-hydrogen) atoms. The Morgan fingerprint density at radius 3 is 2.40 bits per heavy atom. The molecule has 0 unspecified atom stereocenters. The van der Waals surface area contributed by atoms with Gasteiger partial charge in [-0.05, 0) is 44.0 Å². The van der Waals surface area contributed by atoms with Gasteiger partial charge in [-0.2, -0.15) is 0 Å². The molecule has 2 aliphatic rings. The van der Waals surface area contributed by atoms with Gasteiger partial charge in [0.05, 0.1) is 11.0 Å². The lowest BCUT2D eigenvalue weighted by Gasteiger charge is -2.52. The summed E-state index contributed by atoms with van der Waals surface area (Å²) in [7, 11) is 0. The minimum Gasteiger partial charge on any atom is -0.339 e. The molecule has 0 bridgehead atoms. The topological polar surface area (TPSA) is 53.5 Å². The number of aryl methyl sites for hydroxylation is 1. The molecule has 4 rings (SSSR count). The molecule has 1 aromatic heterocycles. The SMILES string of the molecule is Cc1ccc(C(=O)N2CCC3(CC2)CN(c2ccccc2)C3=O)cn1. The molecule has 1 aromatic carbocycles. The van der Waals surface area contributed by atoms with Crippen LogP contribution in [0, 0.1) is 12.3 Å². The number of nitrogens with zero attached hydrogens (tertiary/aromatic N) is 3. The second-order valence-electron chi connectivity index (χ2n) is 6.99. The summed E-state index contributed by atoms with van der Waals surface area (Å²) in [4.78, 5) is 33.2. The van der Waals surface area contributed by atoms with Crippen LogP contribution in [0.15, 0.2) is 48.7 Å². The number of anilines is 1. The van der Waals surface area contributed by atoms with Crippen molar-refractivity contribution < 1.29 is 9.59 Å². The molecule has 2 aliphatic heterocycles. The average molecular weight is 335 g/mol. The van der Waals surface area contributed by atoms with Gasteiger partial charge in [0.1, 0.15) is 0 Å². The number of benzene rings is 1. The number of hydrogen-bond acceptors (Lipinski definition) is 3. The maximum atomic E-state index is 12.7. The summed E-state index contributed by atoms with van der Waals surface area (Å²) in [6, 6.07) is 13.5. The monoisotopic (exact) mass is 335 g/mol. The third-order valence-electron chi connectivity index (χ3n) is 5.39. The summed E-state index contributed by atoms with van der Waals surface area (Å²) in [6.07, 6.45) is 3.11. The van der Waals surface area contributed by atoms with Gasteiger partial charge in [-0.25, -0.2) is 0 Å². The van der Waals surface area contributed by atoms with E-state index in [1.165, 1.54) is 0 Å². The van der Waals surface area contributed by atoms with Crippen LogP contribution in [0.25, 0.3) is 0 Å². The van der Waals surface area contributed by atoms with Crippen LogP contribution in [0.1, 0.15) is 28.9 Å². The quantitative estimate of drug-likeness (QED) is 0.793. The molecule has 5 nitrogen and oxygen atoms in total. The highest BCUT2D eigenvalue weighted by atomic mass is 16.2. The van der Waals surface area contributed by atoms with Crippen LogP contribution in [-0.2, 0) is 4.79 Å². The van der Waals surface area contributed by atoms with Crippen LogP contribution in [0.4, 0.5) is 5.69 Å². The molecule has 0 aliphatic carbocycles. The van der Waals surface area contributed by atoms with E-state index >= 15 is 0 Å². The average Bonchev–Trinajstić information content (AvgIpc) is 2.67. The molecule has 128 valence electrons. The van der Waals surface area contributed by atoms with Gasteiger partial charge in [-0.3, -0.25) is 14.6 Å². The minimum atomic E-state index is -0.280. The van der Waals surface area contributed by atoms with E-state index in [1.807, 2.05) is 59.2 Å². The van der Waals surface area contributed by atoms with Crippen LogP contribution in [0.3, 0.4) is 0 Å². The maximum Gasteiger partial charge on any atom is 0.255 e. The van der Waals surface area contributed by atoms with E-state index in [0.29, 0.717) is 18.7 Å². The van der Waals surface area contributed by atoms with Crippen LogP contribution in [0.2, 0.25) is 0 Å². The highest BCUT2D eigenvalue weighted by Crippen LogP contribution is 2.43. The van der Waals surface area contributed by atoms with Crippen molar-refractivity contribution in [2.75, 3.05) is 24.5 Å². The van der Waals surface area contributed by atoms with E-state index in [0.717, 1.165) is 30.8 Å². The predicted molar refractivity (Wildman–Crippen MR) is 95.3 cm³/mol. The molecule has 0 radical (unpaired) electrons. The molecule has 5 heteroatoms. The second kappa shape index (κ2) is 5.99. The summed E-state index contributed by atoms with van der Waals surface area (Å²) in [6.45, 7) is 3.91. The maximum absolute atomic E-state index is 12.7. The first-order chi connectivity index (χ1) is 12.1. The van der Waals surface area contributed by atoms with Crippen molar-refractivity contribution in [2.45, 2.75) is 19.8 Å². The number of hydrogen-bond donors (Lipinski definition) is 0. The third-order valence-corrected chi connectivity index (χ3v) is 5.39. The molecule has 2 saturated heterocycles. The number of amides is 2. The van der Waals surface area contributed by atoms with Gasteiger partial charge in [0.15, 0.2) is 0 Å². The van der Waals surface area contributed by atoms with Crippen molar-refractivity contribution in [1.82, 2.24) is 9.88 Å². The lowest BCUT2D eigenvalue weighted by atomic mass is 9.70. The molecular weight excluding hydrogens is 314 g/mol. The smallest absolute Gasteiger partial charge is 0.255 e. The van der Waals surface area contributed by atoms with E-state index in [1.54, 1.807) is 6.20 Å². The van der Waals surface area contributed by atoms with Gasteiger partial charge < -0.3 is 9.80 Å². The summed E-state index contributed by atoms with van der Waals surface area (Å²) < 4.78 is 0. The first kappa shape index (κ1) is 15.8. The number of aromatic nitrogens is 1. The second-order valence-corrected chi connectivity index (χ2v) is 6.99. The first-order valence-corrected chi connectivity index (χ1v) is 8.68. The number of carbonyl (C=O) groups is 2. The minimum absolute atomic E-state index is 0.00837. The van der Waals surface area contributed by atoms with E-state index in [-0.39, 0.29) is 17.2 Å². The summed E-state index contributed by atoms with van der Waals surface area (Å²) in [5.41, 5.74) is 2.20. The fraction of sp³-hybridized carbons (Fsp3) is 0.350. The van der Waals surface area contributed by atoms with Crippen molar-refractivity contribution in [1.29, 1.82) is 0 Å². The zero-order valence-electron chi connectivity index (χ0n) is 14.3. The molecule has 0 saturated carbocycles. The number of rotatable bonds is 2. The van der Waals surface area contributed by atoms with E-state index in [4.69, 9.17) is 0 Å². The summed E-state index contributed by atoms with van der Waals surface area (Å²) in [5.74, 6) is 0.205. The summed E-state index contributed by atoms with van der Waals surface area (Å²) >= 11 is 0. The van der Waals surface area contributed by atoms with Crippen molar-refractivity contribution >= 4 is 17.5 Å². The van der Waals surface area contributed by atoms with E-state index in [9.17, 15) is 9.59 Å². The normalized spacial score (nSPS) is 19.0. The van der Waals surface area contributed by atoms with Crippen LogP contribution in [0.5, 0.6) is 0 Å². The third kappa shape index (κ3) is 2.69. The van der Waals surface area contributed by atoms with Crippen LogP contribution >= 0.6 is 0 Å². The molecule has 1 spiro atoms. The summed E-state index contributed by atoms with van der Waals surface area (Å²) in [5, 5.41) is 0. The van der Waals surface area contributed by atoms with Gasteiger partial charge in [0.25, 0.3) is 5.91 Å². The van der Waals surface area contributed by atoms with Gasteiger partial charge in [-0.15, -0.1) is 0 Å². The number of β-lactam (4-membered cyclic amide) rings is 1. The fourth-order valence-electron chi connectivity index (χ4n) is 3.74. The Bertz CT molecular complexity index is 793. The molecule has 0 N–H and O–H groups in total. The molecule has 2 fully saturated rings. The molecular formula is C20H21N3O2. The number of piperidine rings is 1. The van der Waals surface area contributed by atoms with Crippen molar-refractivity contribution in [3.05, 3.63) is 59.9 Å². The number of para-hydroxylation sites is 1. The van der Waals surface area contributed by atoms with Crippen LogP contribution in [-0.4, -0.2) is 41.3 Å². The Hall–Kier alpha value is -2.69. The Balaban J connectivity index is 1.40. The van der Waals surface area contributed by atoms with E-state index in [2.05, 4.69) is 4.98 Å². The Morgan fingerprint density at radius 1 is 1.08 bits per heavy atom. The van der Waals surface area contributed by atoms with Crippen molar-refractivity contribution in [2.24, 2.45) is 5.41 Å². The lowest BCUT2D eigenvalue weighted by molar-refractivity contribution is -0.138. The van der Waals surface area contributed by atoms with E-state index < -0.39 is 0 Å². The van der Waals surface area contributed by atoms with Crippen molar-refractivity contribution in [3.8, 4) is 0 Å². The first-order valence-electron chi connectivity index (χ1n) is 8.68. The lowest BCUT2D eigenvalue weighted by Crippen LogP contribution is -2.65. The van der Waals surface area contributed by atoms with Gasteiger partial charge in [0, 0.05) is 37.2 Å². The zero-order chi connectivity index (χ0) is 17.4. The molecule has 3 heterocycles. The number of likely N-dealkylation sites (tertiary alicyclic amines) is 1. The largest absolute Gasteiger partial charge is 0.339 e. The number of carbonyl (C=O) groups excluding carboxylic acids is 2. The molecule has 0 atom stereocenters. The molecule has 2 aromatic rings. The predicted octanol–water partition coefficient (Wildman–Crippen LogP) is 2.66. The fourth-order valence-corrected chi connectivity index (χ4v) is 3.74. The van der Waals surface area contributed by atoms with Crippen molar-refractivity contribution in [3.63, 3.8) is 0 Å². The highest BCUT2D eigenvalue weighted by Gasteiger charge is 2.53. The standard InChI is InChI=1S/C20H21N3O2/c1-15-7-8-16(13-21-15)18(24)22-11-9-20(10-12-22)14-23(19(20)25)17-5-3-2-4-6-17/h2-8,13H,9-12,14H2,1H3. The number of pyridine rings is 1. The van der Waals surface area contributed by atoms with Crippen LogP contribution < -0.4 is 4.90 Å². The van der Waals surface area contributed by atoms with Gasteiger partial charge >= 0.3 is 0 Å². The van der Waals surface area contributed by atoms with Gasteiger partial charge in [-0.1, -0.05) is 18.2 Å². The molecule has 2 amide bonds. The Kier molecular flexibility index (Phi) is 3.79.